The molecule has 0 spiro atoms. The standard InChI is InChI=1S/C25H54ClP/c1-5-9-13-17-21-25-27(26,22-18-14-10-6-2,23-19-15-11-7-3)24-20-16-12-8-4/h5-25H2,1-4H3. The number of halogens is 1. The fourth-order valence-corrected chi connectivity index (χ4v) is 11.4. The maximum absolute atomic E-state index is 7.88. The number of hydrogen-bond acceptors (Lipinski definition) is 0. The summed E-state index contributed by atoms with van der Waals surface area (Å²) in [5.41, 5.74) is 0. The Morgan fingerprint density at radius 2 is 0.593 bits per heavy atom. The van der Waals surface area contributed by atoms with Gasteiger partial charge in [0.15, 0.2) is 0 Å². The molecule has 0 radical (unpaired) electrons. The number of unbranched alkanes of at least 4 members (excludes halogenated alkanes) is 13. The average molecular weight is 421 g/mol. The fraction of sp³-hybridized carbons (Fsp3) is 1.00. The van der Waals surface area contributed by atoms with Crippen molar-refractivity contribution >= 4 is 17.2 Å². The molecule has 0 aromatic heterocycles. The van der Waals surface area contributed by atoms with Crippen LogP contribution in [0.4, 0.5) is 0 Å². The van der Waals surface area contributed by atoms with E-state index in [1.54, 1.807) is 0 Å². The molecule has 0 bridgehead atoms. The first-order valence-electron chi connectivity index (χ1n) is 12.8. The van der Waals surface area contributed by atoms with Gasteiger partial charge in [0, 0.05) is 0 Å². The van der Waals surface area contributed by atoms with Crippen LogP contribution >= 0.6 is 17.2 Å². The number of rotatable bonds is 21. The zero-order valence-electron chi connectivity index (χ0n) is 19.7. The topological polar surface area (TPSA) is 0 Å². The summed E-state index contributed by atoms with van der Waals surface area (Å²) in [5.74, 6) is -2.03. The molecular weight excluding hydrogens is 367 g/mol. The molecule has 2 heteroatoms. The van der Waals surface area contributed by atoms with Gasteiger partial charge in [-0.1, -0.05) is 0 Å². The molecule has 0 saturated heterocycles. The molecule has 0 N–H and O–H groups in total. The van der Waals surface area contributed by atoms with Gasteiger partial charge in [-0.25, -0.2) is 0 Å². The van der Waals surface area contributed by atoms with E-state index in [0.29, 0.717) is 0 Å². The van der Waals surface area contributed by atoms with Crippen LogP contribution in [0.3, 0.4) is 0 Å². The molecule has 0 fully saturated rings. The van der Waals surface area contributed by atoms with Crippen molar-refractivity contribution in [2.45, 2.75) is 137 Å². The van der Waals surface area contributed by atoms with Gasteiger partial charge in [0.25, 0.3) is 0 Å². The quantitative estimate of drug-likeness (QED) is 0.128. The predicted octanol–water partition coefficient (Wildman–Crippen LogP) is 10.4. The van der Waals surface area contributed by atoms with E-state index in [1.807, 2.05) is 0 Å². The van der Waals surface area contributed by atoms with Gasteiger partial charge in [-0.05, 0) is 0 Å². The Hall–Kier alpha value is 0.720. The van der Waals surface area contributed by atoms with Crippen molar-refractivity contribution in [1.82, 2.24) is 0 Å². The molecule has 0 amide bonds. The third-order valence-electron chi connectivity index (χ3n) is 6.53. The van der Waals surface area contributed by atoms with Crippen LogP contribution in [0.5, 0.6) is 0 Å². The fourth-order valence-electron chi connectivity index (χ4n) is 4.58. The Labute approximate surface area is 178 Å². The monoisotopic (exact) mass is 420 g/mol. The molecule has 0 atom stereocenters. The normalized spacial score (nSPS) is 13.6. The summed E-state index contributed by atoms with van der Waals surface area (Å²) in [7, 11) is 0. The summed E-state index contributed by atoms with van der Waals surface area (Å²) in [4.78, 5) is 0. The zero-order chi connectivity index (χ0) is 20.3. The minimum atomic E-state index is -2.03. The molecule has 27 heavy (non-hydrogen) atoms. The summed E-state index contributed by atoms with van der Waals surface area (Å²) < 4.78 is 0. The molecule has 0 rings (SSSR count). The molecule has 0 nitrogen and oxygen atoms in total. The Kier molecular flexibility index (Phi) is 18.0. The molecule has 0 heterocycles. The zero-order valence-corrected chi connectivity index (χ0v) is 21.3. The first-order chi connectivity index (χ1) is 13.0. The van der Waals surface area contributed by atoms with E-state index in [-0.39, 0.29) is 0 Å². The van der Waals surface area contributed by atoms with Crippen molar-refractivity contribution in [2.75, 3.05) is 24.6 Å². The van der Waals surface area contributed by atoms with E-state index >= 15 is 0 Å². The molecular formula is C25H54ClP. The summed E-state index contributed by atoms with van der Waals surface area (Å²) in [6.07, 6.45) is 29.1. The van der Waals surface area contributed by atoms with E-state index < -0.39 is 5.96 Å². The van der Waals surface area contributed by atoms with Crippen LogP contribution in [0, 0.1) is 0 Å². The van der Waals surface area contributed by atoms with Crippen molar-refractivity contribution in [3.05, 3.63) is 0 Å². The summed E-state index contributed by atoms with van der Waals surface area (Å²) in [6.45, 7) is 9.29. The Bertz CT molecular complexity index is 281. The van der Waals surface area contributed by atoms with Crippen molar-refractivity contribution in [2.24, 2.45) is 0 Å². The molecule has 0 saturated carbocycles. The van der Waals surface area contributed by atoms with Gasteiger partial charge < -0.3 is 0 Å². The van der Waals surface area contributed by atoms with Crippen LogP contribution in [0.15, 0.2) is 0 Å². The summed E-state index contributed by atoms with van der Waals surface area (Å²) in [5, 5.41) is 0. The maximum atomic E-state index is 7.88. The van der Waals surface area contributed by atoms with Gasteiger partial charge in [-0.3, -0.25) is 0 Å². The van der Waals surface area contributed by atoms with E-state index in [2.05, 4.69) is 27.7 Å². The third-order valence-corrected chi connectivity index (χ3v) is 14.3. The predicted molar refractivity (Wildman–Crippen MR) is 133 cm³/mol. The van der Waals surface area contributed by atoms with E-state index in [1.165, 1.54) is 134 Å². The van der Waals surface area contributed by atoms with Gasteiger partial charge in [-0.15, -0.1) is 0 Å². The average Bonchev–Trinajstić information content (AvgIpc) is 2.67. The Balaban J connectivity index is 4.94. The van der Waals surface area contributed by atoms with Crippen molar-refractivity contribution in [1.29, 1.82) is 0 Å². The first-order valence-corrected chi connectivity index (χ1v) is 16.6. The first kappa shape index (κ1) is 27.7. The second-order valence-electron chi connectivity index (χ2n) is 9.31. The van der Waals surface area contributed by atoms with Gasteiger partial charge in [0.2, 0.25) is 0 Å². The summed E-state index contributed by atoms with van der Waals surface area (Å²) in [6, 6.07) is 0. The molecule has 0 aliphatic rings. The summed E-state index contributed by atoms with van der Waals surface area (Å²) >= 11 is 7.88. The second kappa shape index (κ2) is 17.6. The molecule has 0 aliphatic carbocycles. The van der Waals surface area contributed by atoms with Crippen LogP contribution in [0.2, 0.25) is 0 Å². The molecule has 0 aromatic carbocycles. The molecule has 0 aromatic rings. The van der Waals surface area contributed by atoms with Gasteiger partial charge >= 0.3 is 179 Å². The Morgan fingerprint density at radius 1 is 0.370 bits per heavy atom. The second-order valence-corrected chi connectivity index (χ2v) is 17.6. The Morgan fingerprint density at radius 3 is 0.852 bits per heavy atom. The van der Waals surface area contributed by atoms with Crippen LogP contribution in [0.25, 0.3) is 0 Å². The van der Waals surface area contributed by atoms with E-state index in [0.717, 1.165) is 0 Å². The molecule has 0 unspecified atom stereocenters. The van der Waals surface area contributed by atoms with E-state index in [9.17, 15) is 0 Å². The number of hydrogen-bond donors (Lipinski definition) is 0. The van der Waals surface area contributed by atoms with Crippen LogP contribution < -0.4 is 0 Å². The van der Waals surface area contributed by atoms with Crippen molar-refractivity contribution in [3.8, 4) is 0 Å². The van der Waals surface area contributed by atoms with Crippen molar-refractivity contribution < 1.29 is 0 Å². The van der Waals surface area contributed by atoms with E-state index in [4.69, 9.17) is 11.2 Å². The van der Waals surface area contributed by atoms with Crippen LogP contribution in [0.1, 0.15) is 137 Å². The van der Waals surface area contributed by atoms with Crippen LogP contribution in [-0.2, 0) is 0 Å². The van der Waals surface area contributed by atoms with Crippen molar-refractivity contribution in [3.63, 3.8) is 0 Å². The SMILES string of the molecule is CCCCCCCP(Cl)(CCCCCC)(CCCCCC)CCCCCC. The minimum absolute atomic E-state index is 1.34. The third kappa shape index (κ3) is 14.4. The van der Waals surface area contributed by atoms with Gasteiger partial charge in [-0.2, -0.15) is 0 Å². The van der Waals surface area contributed by atoms with Gasteiger partial charge in [0.1, 0.15) is 0 Å². The van der Waals surface area contributed by atoms with Crippen LogP contribution in [-0.4, -0.2) is 24.6 Å². The molecule has 0 aliphatic heterocycles. The van der Waals surface area contributed by atoms with Gasteiger partial charge in [0.05, 0.1) is 0 Å². The molecule has 166 valence electrons.